The number of aryl methyl sites for hydroxylation is 1. The first-order valence-corrected chi connectivity index (χ1v) is 7.50. The molecule has 0 atom stereocenters. The molecule has 4 rings (SSSR count). The van der Waals surface area contributed by atoms with Crippen LogP contribution < -0.4 is 11.0 Å². The number of aromatic nitrogens is 4. The number of nitrogens with zero attached hydrogens (tertiary/aromatic N) is 2. The van der Waals surface area contributed by atoms with Gasteiger partial charge in [0.2, 0.25) is 0 Å². The van der Waals surface area contributed by atoms with Crippen LogP contribution in [0, 0.1) is 6.92 Å². The highest BCUT2D eigenvalue weighted by Crippen LogP contribution is 2.24. The first kappa shape index (κ1) is 14.3. The second-order valence-electron chi connectivity index (χ2n) is 5.59. The third-order valence-corrected chi connectivity index (χ3v) is 4.07. The van der Waals surface area contributed by atoms with E-state index < -0.39 is 0 Å². The average molecular weight is 321 g/mol. The molecular formula is C17H15N5O2. The summed E-state index contributed by atoms with van der Waals surface area (Å²) >= 11 is 0. The van der Waals surface area contributed by atoms with Gasteiger partial charge in [0.05, 0.1) is 22.1 Å². The Kier molecular flexibility index (Phi) is 3.02. The molecule has 0 saturated heterocycles. The maximum Gasteiger partial charge on any atom is 0.323 e. The number of imidazole rings is 2. The van der Waals surface area contributed by atoms with E-state index in [9.17, 15) is 9.59 Å². The number of carbonyl (C=O) groups excluding carboxylic acids is 1. The fourth-order valence-electron chi connectivity index (χ4n) is 2.97. The molecular weight excluding hydrogens is 306 g/mol. The number of nitrogens with one attached hydrogen (secondary N) is 3. The number of H-pyrrole nitrogens is 2. The molecule has 0 aliphatic heterocycles. The van der Waals surface area contributed by atoms with Gasteiger partial charge in [-0.25, -0.2) is 9.78 Å². The van der Waals surface area contributed by atoms with Gasteiger partial charge in [0, 0.05) is 18.3 Å². The third kappa shape index (κ3) is 2.10. The maximum absolute atomic E-state index is 11.8. The Morgan fingerprint density at radius 1 is 1.12 bits per heavy atom. The van der Waals surface area contributed by atoms with Crippen molar-refractivity contribution >= 4 is 28.0 Å². The molecule has 7 heteroatoms. The lowest BCUT2D eigenvalue weighted by Crippen LogP contribution is -2.17. The predicted molar refractivity (Wildman–Crippen MR) is 91.7 cm³/mol. The van der Waals surface area contributed by atoms with Crippen LogP contribution in [0.4, 0.5) is 0 Å². The summed E-state index contributed by atoms with van der Waals surface area (Å²) in [4.78, 5) is 33.3. The molecule has 2 aromatic heterocycles. The molecule has 1 amide bonds. The number of hydrogen-bond acceptors (Lipinski definition) is 3. The van der Waals surface area contributed by atoms with E-state index >= 15 is 0 Å². The van der Waals surface area contributed by atoms with Gasteiger partial charge in [-0.2, -0.15) is 0 Å². The zero-order chi connectivity index (χ0) is 16.8. The molecule has 2 aromatic carbocycles. The second kappa shape index (κ2) is 5.09. The van der Waals surface area contributed by atoms with Gasteiger partial charge in [0.15, 0.2) is 0 Å². The van der Waals surface area contributed by atoms with Crippen molar-refractivity contribution in [3.05, 3.63) is 58.3 Å². The van der Waals surface area contributed by atoms with Crippen LogP contribution in [-0.4, -0.2) is 32.5 Å². The van der Waals surface area contributed by atoms with E-state index in [0.29, 0.717) is 5.56 Å². The molecule has 120 valence electrons. The molecule has 7 nitrogen and oxygen atoms in total. The van der Waals surface area contributed by atoms with Gasteiger partial charge in [-0.05, 0) is 43.3 Å². The fourth-order valence-corrected chi connectivity index (χ4v) is 2.97. The Labute approximate surface area is 136 Å². The lowest BCUT2D eigenvalue weighted by Gasteiger charge is -2.07. The number of fused-ring (bicyclic) bond motifs is 2. The van der Waals surface area contributed by atoms with Crippen molar-refractivity contribution in [3.8, 4) is 5.69 Å². The van der Waals surface area contributed by atoms with Crippen molar-refractivity contribution in [1.82, 2.24) is 24.8 Å². The standard InChI is InChI=1S/C17H15N5O2/c1-9-19-14-7-10(16(23)18-2)3-6-15(14)22(9)11-4-5-12-13(8-11)21-17(24)20-12/h3-8H,1-2H3,(H,18,23)(H2,20,21,24). The Morgan fingerprint density at radius 2 is 1.92 bits per heavy atom. The van der Waals surface area contributed by atoms with Crippen LogP contribution in [0.3, 0.4) is 0 Å². The van der Waals surface area contributed by atoms with Gasteiger partial charge in [0.1, 0.15) is 5.82 Å². The number of amides is 1. The largest absolute Gasteiger partial charge is 0.355 e. The van der Waals surface area contributed by atoms with Crippen LogP contribution in [0.2, 0.25) is 0 Å². The fraction of sp³-hybridized carbons (Fsp3) is 0.118. The summed E-state index contributed by atoms with van der Waals surface area (Å²) in [6.07, 6.45) is 0. The van der Waals surface area contributed by atoms with E-state index in [1.165, 1.54) is 0 Å². The van der Waals surface area contributed by atoms with E-state index in [2.05, 4.69) is 20.3 Å². The van der Waals surface area contributed by atoms with Crippen molar-refractivity contribution < 1.29 is 4.79 Å². The SMILES string of the molecule is CNC(=O)c1ccc2c(c1)nc(C)n2-c1ccc2[nH]c(=O)[nH]c2c1. The molecule has 2 heterocycles. The molecule has 0 unspecified atom stereocenters. The monoisotopic (exact) mass is 321 g/mol. The average Bonchev–Trinajstić information content (AvgIpc) is 3.10. The third-order valence-electron chi connectivity index (χ3n) is 4.07. The highest BCUT2D eigenvalue weighted by atomic mass is 16.1. The predicted octanol–water partition coefficient (Wildman–Crippen LogP) is 1.86. The van der Waals surface area contributed by atoms with Crippen molar-refractivity contribution in [2.24, 2.45) is 0 Å². The zero-order valence-electron chi connectivity index (χ0n) is 13.2. The van der Waals surface area contributed by atoms with Crippen molar-refractivity contribution in [2.75, 3.05) is 7.05 Å². The summed E-state index contributed by atoms with van der Waals surface area (Å²) in [6, 6.07) is 11.1. The Morgan fingerprint density at radius 3 is 2.71 bits per heavy atom. The van der Waals surface area contributed by atoms with E-state index in [1.807, 2.05) is 35.8 Å². The number of rotatable bonds is 2. The van der Waals surface area contributed by atoms with Gasteiger partial charge in [-0.15, -0.1) is 0 Å². The minimum atomic E-state index is -0.232. The van der Waals surface area contributed by atoms with Crippen LogP contribution in [0.5, 0.6) is 0 Å². The molecule has 0 radical (unpaired) electrons. The first-order chi connectivity index (χ1) is 11.6. The maximum atomic E-state index is 11.8. The van der Waals surface area contributed by atoms with Gasteiger partial charge in [-0.1, -0.05) is 0 Å². The summed E-state index contributed by atoms with van der Waals surface area (Å²) in [5.41, 5.74) is 4.37. The summed E-state index contributed by atoms with van der Waals surface area (Å²) < 4.78 is 1.99. The highest BCUT2D eigenvalue weighted by Gasteiger charge is 2.13. The van der Waals surface area contributed by atoms with Crippen LogP contribution in [0.15, 0.2) is 41.2 Å². The Bertz CT molecular complexity index is 1150. The van der Waals surface area contributed by atoms with Gasteiger partial charge in [0.25, 0.3) is 5.91 Å². The summed E-state index contributed by atoms with van der Waals surface area (Å²) in [5.74, 6) is 0.659. The molecule has 0 bridgehead atoms. The summed E-state index contributed by atoms with van der Waals surface area (Å²) in [7, 11) is 1.60. The molecule has 0 aliphatic rings. The Hall–Kier alpha value is -3.35. The van der Waals surface area contributed by atoms with E-state index in [0.717, 1.165) is 33.6 Å². The first-order valence-electron chi connectivity index (χ1n) is 7.50. The number of aromatic amines is 2. The summed E-state index contributed by atoms with van der Waals surface area (Å²) in [6.45, 7) is 1.91. The van der Waals surface area contributed by atoms with Gasteiger partial charge < -0.3 is 15.3 Å². The van der Waals surface area contributed by atoms with E-state index in [4.69, 9.17) is 0 Å². The van der Waals surface area contributed by atoms with Gasteiger partial charge in [-0.3, -0.25) is 9.36 Å². The smallest absolute Gasteiger partial charge is 0.323 e. The second-order valence-corrected chi connectivity index (χ2v) is 5.59. The zero-order valence-corrected chi connectivity index (χ0v) is 13.2. The number of hydrogen-bond donors (Lipinski definition) is 3. The number of benzene rings is 2. The number of carbonyl (C=O) groups is 1. The molecule has 0 spiro atoms. The molecule has 0 fully saturated rings. The van der Waals surface area contributed by atoms with Gasteiger partial charge >= 0.3 is 5.69 Å². The molecule has 24 heavy (non-hydrogen) atoms. The van der Waals surface area contributed by atoms with Crippen LogP contribution in [0.25, 0.3) is 27.8 Å². The molecule has 0 aliphatic carbocycles. The normalized spacial score (nSPS) is 11.2. The van der Waals surface area contributed by atoms with Crippen molar-refractivity contribution in [3.63, 3.8) is 0 Å². The van der Waals surface area contributed by atoms with Crippen LogP contribution >= 0.6 is 0 Å². The van der Waals surface area contributed by atoms with Crippen molar-refractivity contribution in [1.29, 1.82) is 0 Å². The van der Waals surface area contributed by atoms with E-state index in [-0.39, 0.29) is 11.6 Å². The van der Waals surface area contributed by atoms with Crippen LogP contribution in [0.1, 0.15) is 16.2 Å². The van der Waals surface area contributed by atoms with Crippen molar-refractivity contribution in [2.45, 2.75) is 6.92 Å². The lowest BCUT2D eigenvalue weighted by atomic mass is 10.2. The summed E-state index contributed by atoms with van der Waals surface area (Å²) in [5, 5.41) is 2.61. The lowest BCUT2D eigenvalue weighted by molar-refractivity contribution is 0.0963. The topological polar surface area (TPSA) is 95.6 Å². The molecule has 4 aromatic rings. The van der Waals surface area contributed by atoms with E-state index in [1.54, 1.807) is 19.2 Å². The molecule has 0 saturated carbocycles. The Balaban J connectivity index is 1.92. The quantitative estimate of drug-likeness (QED) is 0.526. The minimum Gasteiger partial charge on any atom is -0.355 e. The molecule has 3 N–H and O–H groups in total. The van der Waals surface area contributed by atoms with Crippen LogP contribution in [-0.2, 0) is 0 Å². The minimum absolute atomic E-state index is 0.143. The highest BCUT2D eigenvalue weighted by molar-refractivity contribution is 5.97.